The number of hydrogen-bond acceptors (Lipinski definition) is 1. The second-order valence-electron chi connectivity index (χ2n) is 5.44. The van der Waals surface area contributed by atoms with Gasteiger partial charge in [-0.15, -0.1) is 0 Å². The molecule has 1 aliphatic rings. The summed E-state index contributed by atoms with van der Waals surface area (Å²) >= 11 is 0. The highest BCUT2D eigenvalue weighted by molar-refractivity contribution is 5.74. The van der Waals surface area contributed by atoms with Gasteiger partial charge in [0.05, 0.1) is 6.04 Å². The maximum absolute atomic E-state index is 12.9. The fraction of sp³-hybridized carbons (Fsp3) is 0.533. The van der Waals surface area contributed by atoms with Crippen LogP contribution in [-0.4, -0.2) is 18.5 Å². The normalized spacial score (nSPS) is 18.2. The van der Waals surface area contributed by atoms with E-state index in [-0.39, 0.29) is 11.7 Å². The van der Waals surface area contributed by atoms with Crippen molar-refractivity contribution >= 4 is 5.91 Å². The van der Waals surface area contributed by atoms with Crippen molar-refractivity contribution in [3.8, 4) is 0 Å². The minimum Gasteiger partial charge on any atom is -0.365 e. The van der Waals surface area contributed by atoms with Crippen LogP contribution in [0.4, 0.5) is 4.39 Å². The van der Waals surface area contributed by atoms with Crippen molar-refractivity contribution in [1.82, 2.24) is 0 Å². The van der Waals surface area contributed by atoms with Gasteiger partial charge in [0.1, 0.15) is 12.4 Å². The van der Waals surface area contributed by atoms with Crippen molar-refractivity contribution in [3.05, 3.63) is 35.6 Å². The number of carbonyl (C=O) groups excluding carboxylic acids is 1. The van der Waals surface area contributed by atoms with Crippen LogP contribution in [0, 0.1) is 5.82 Å². The third-order valence-corrected chi connectivity index (χ3v) is 3.93. The van der Waals surface area contributed by atoms with Gasteiger partial charge in [-0.1, -0.05) is 18.6 Å². The molecule has 1 unspecified atom stereocenters. The molecule has 0 spiro atoms. The second-order valence-corrected chi connectivity index (χ2v) is 5.44. The van der Waals surface area contributed by atoms with Crippen molar-refractivity contribution in [3.63, 3.8) is 0 Å². The molecule has 0 aliphatic heterocycles. The molecule has 3 N–H and O–H groups in total. The number of benzene rings is 1. The zero-order valence-electron chi connectivity index (χ0n) is 11.2. The Bertz CT molecular complexity index is 413. The topological polar surface area (TPSA) is 47.5 Å². The quantitative estimate of drug-likeness (QED) is 0.820. The van der Waals surface area contributed by atoms with E-state index in [1.54, 1.807) is 12.1 Å². The largest absolute Gasteiger partial charge is 0.365 e. The van der Waals surface area contributed by atoms with Crippen molar-refractivity contribution in [1.29, 1.82) is 0 Å². The Morgan fingerprint density at radius 2 is 1.84 bits per heavy atom. The number of carbonyl (C=O) groups is 1. The molecule has 19 heavy (non-hydrogen) atoms. The Morgan fingerprint density at radius 1 is 1.21 bits per heavy atom. The van der Waals surface area contributed by atoms with Crippen LogP contribution in [0.2, 0.25) is 0 Å². The van der Waals surface area contributed by atoms with E-state index in [4.69, 9.17) is 5.73 Å². The number of halogens is 1. The molecule has 0 saturated heterocycles. The molecule has 4 heteroatoms. The van der Waals surface area contributed by atoms with Gasteiger partial charge in [-0.25, -0.2) is 4.39 Å². The average molecular weight is 265 g/mol. The molecule has 1 aromatic carbocycles. The van der Waals surface area contributed by atoms with E-state index in [0.29, 0.717) is 12.6 Å². The van der Waals surface area contributed by atoms with Crippen LogP contribution in [-0.2, 0) is 11.3 Å². The fourth-order valence-corrected chi connectivity index (χ4v) is 2.95. The van der Waals surface area contributed by atoms with Crippen molar-refractivity contribution in [2.75, 3.05) is 6.54 Å². The summed E-state index contributed by atoms with van der Waals surface area (Å²) in [5, 5.41) is 0. The summed E-state index contributed by atoms with van der Waals surface area (Å²) in [5.41, 5.74) is 6.42. The number of nitrogens with two attached hydrogens (primary N) is 1. The number of quaternary nitrogens is 1. The first kappa shape index (κ1) is 14.0. The molecule has 1 amide bonds. The van der Waals surface area contributed by atoms with Crippen molar-refractivity contribution < 1.29 is 14.1 Å². The van der Waals surface area contributed by atoms with Crippen molar-refractivity contribution in [2.24, 2.45) is 5.73 Å². The van der Waals surface area contributed by atoms with E-state index in [1.807, 2.05) is 0 Å². The minimum atomic E-state index is -0.261. The number of hydrogen-bond donors (Lipinski definition) is 2. The summed E-state index contributed by atoms with van der Waals surface area (Å²) < 4.78 is 12.9. The minimum absolute atomic E-state index is 0.224. The Morgan fingerprint density at radius 3 is 2.42 bits per heavy atom. The SMILES string of the molecule is NC(=O)C[NH+](Cc1ccc(F)cc1)C1CCCCC1. The second kappa shape index (κ2) is 6.66. The van der Waals surface area contributed by atoms with Crippen molar-refractivity contribution in [2.45, 2.75) is 44.7 Å². The Hall–Kier alpha value is -1.42. The summed E-state index contributed by atoms with van der Waals surface area (Å²) in [6, 6.07) is 7.03. The third-order valence-electron chi connectivity index (χ3n) is 3.93. The molecule has 1 aliphatic carbocycles. The van der Waals surface area contributed by atoms with Crippen LogP contribution in [0.25, 0.3) is 0 Å². The molecule has 1 atom stereocenters. The molecular formula is C15H22FN2O+. The van der Waals surface area contributed by atoms with E-state index in [9.17, 15) is 9.18 Å². The van der Waals surface area contributed by atoms with E-state index in [0.717, 1.165) is 24.9 Å². The first-order valence-corrected chi connectivity index (χ1v) is 7.02. The molecule has 1 saturated carbocycles. The molecule has 1 aromatic rings. The Kier molecular flexibility index (Phi) is 4.91. The van der Waals surface area contributed by atoms with Gasteiger partial charge in [-0.3, -0.25) is 4.79 Å². The van der Waals surface area contributed by atoms with Gasteiger partial charge < -0.3 is 10.6 Å². The number of primary amides is 1. The van der Waals surface area contributed by atoms with Crippen LogP contribution < -0.4 is 10.6 Å². The van der Waals surface area contributed by atoms with Crippen LogP contribution in [0.5, 0.6) is 0 Å². The van der Waals surface area contributed by atoms with E-state index < -0.39 is 0 Å². The molecule has 104 valence electrons. The number of amides is 1. The predicted molar refractivity (Wildman–Crippen MR) is 72.0 cm³/mol. The summed E-state index contributed by atoms with van der Waals surface area (Å²) in [7, 11) is 0. The summed E-state index contributed by atoms with van der Waals surface area (Å²) in [6.45, 7) is 1.11. The summed E-state index contributed by atoms with van der Waals surface area (Å²) in [5.74, 6) is -0.486. The zero-order valence-corrected chi connectivity index (χ0v) is 11.2. The number of nitrogens with one attached hydrogen (secondary N) is 1. The summed E-state index contributed by atoms with van der Waals surface area (Å²) in [6.07, 6.45) is 6.07. The van der Waals surface area contributed by atoms with Gasteiger partial charge in [0, 0.05) is 5.56 Å². The first-order valence-electron chi connectivity index (χ1n) is 7.02. The molecule has 0 aromatic heterocycles. The highest BCUT2D eigenvalue weighted by atomic mass is 19.1. The molecule has 2 rings (SSSR count). The Labute approximate surface area is 113 Å². The lowest BCUT2D eigenvalue weighted by Crippen LogP contribution is -3.15. The van der Waals surface area contributed by atoms with Crippen LogP contribution in [0.3, 0.4) is 0 Å². The third kappa shape index (κ3) is 4.31. The smallest absolute Gasteiger partial charge is 0.272 e. The molecule has 3 nitrogen and oxygen atoms in total. The van der Waals surface area contributed by atoms with E-state index in [2.05, 4.69) is 0 Å². The standard InChI is InChI=1S/C15H21FN2O/c16-13-8-6-12(7-9-13)10-18(11-15(17)19)14-4-2-1-3-5-14/h6-9,14H,1-5,10-11H2,(H2,17,19)/p+1. The van der Waals surface area contributed by atoms with Gasteiger partial charge in [-0.05, 0) is 37.8 Å². The van der Waals surface area contributed by atoms with Gasteiger partial charge in [0.2, 0.25) is 0 Å². The predicted octanol–water partition coefficient (Wildman–Crippen LogP) is 1.03. The van der Waals surface area contributed by atoms with E-state index >= 15 is 0 Å². The average Bonchev–Trinajstić information content (AvgIpc) is 2.41. The van der Waals surface area contributed by atoms with Gasteiger partial charge in [-0.2, -0.15) is 0 Å². The van der Waals surface area contributed by atoms with Crippen LogP contribution in [0.15, 0.2) is 24.3 Å². The molecule has 0 bridgehead atoms. The summed E-state index contributed by atoms with van der Waals surface area (Å²) in [4.78, 5) is 12.5. The van der Waals surface area contributed by atoms with E-state index in [1.165, 1.54) is 36.3 Å². The lowest BCUT2D eigenvalue weighted by molar-refractivity contribution is -0.932. The molecule has 0 radical (unpaired) electrons. The zero-order chi connectivity index (χ0) is 13.7. The fourth-order valence-electron chi connectivity index (χ4n) is 2.95. The molecular weight excluding hydrogens is 243 g/mol. The van der Waals surface area contributed by atoms with Gasteiger partial charge >= 0.3 is 0 Å². The van der Waals surface area contributed by atoms with Crippen LogP contribution >= 0.6 is 0 Å². The lowest BCUT2D eigenvalue weighted by atomic mass is 9.94. The monoisotopic (exact) mass is 265 g/mol. The number of rotatable bonds is 5. The Balaban J connectivity index is 2.03. The highest BCUT2D eigenvalue weighted by Crippen LogP contribution is 2.15. The lowest BCUT2D eigenvalue weighted by Gasteiger charge is -2.30. The van der Waals surface area contributed by atoms with Gasteiger partial charge in [0.15, 0.2) is 6.54 Å². The molecule has 1 fully saturated rings. The maximum Gasteiger partial charge on any atom is 0.272 e. The van der Waals surface area contributed by atoms with Crippen LogP contribution in [0.1, 0.15) is 37.7 Å². The molecule has 0 heterocycles. The maximum atomic E-state index is 12.9. The first-order chi connectivity index (χ1) is 9.15. The highest BCUT2D eigenvalue weighted by Gasteiger charge is 2.25. The van der Waals surface area contributed by atoms with Gasteiger partial charge in [0.25, 0.3) is 5.91 Å².